The van der Waals surface area contributed by atoms with E-state index in [-0.39, 0.29) is 11.9 Å². The molecule has 22 heavy (non-hydrogen) atoms. The molecule has 5 heteroatoms. The van der Waals surface area contributed by atoms with E-state index < -0.39 is 0 Å². The number of hydrogen-bond donors (Lipinski definition) is 1. The van der Waals surface area contributed by atoms with Gasteiger partial charge in [-0.3, -0.25) is 4.79 Å². The first-order valence-corrected chi connectivity index (χ1v) is 8.07. The van der Waals surface area contributed by atoms with Crippen LogP contribution in [0, 0.1) is 0 Å². The minimum atomic E-state index is -0.114. The number of carbonyl (C=O) groups is 1. The lowest BCUT2D eigenvalue weighted by Crippen LogP contribution is -2.26. The van der Waals surface area contributed by atoms with Gasteiger partial charge in [0.15, 0.2) is 11.5 Å². The molecule has 0 aliphatic heterocycles. The van der Waals surface area contributed by atoms with E-state index in [2.05, 4.69) is 12.2 Å². The monoisotopic (exact) mass is 319 g/mol. The first-order valence-electron chi connectivity index (χ1n) is 7.19. The van der Waals surface area contributed by atoms with E-state index in [9.17, 15) is 4.79 Å². The van der Waals surface area contributed by atoms with E-state index in [4.69, 9.17) is 9.47 Å². The number of hydrogen-bond acceptors (Lipinski definition) is 4. The molecule has 1 atom stereocenters. The molecule has 0 radical (unpaired) electrons. The maximum Gasteiger partial charge on any atom is 0.252 e. The maximum atomic E-state index is 12.3. The summed E-state index contributed by atoms with van der Waals surface area (Å²) in [6.45, 7) is 4.03. The maximum absolute atomic E-state index is 12.3. The SMILES string of the molecule is CCc1cc(C(=O)NC(C)c2ccc(OC)c(OC)c2)cs1. The molecule has 1 N–H and O–H groups in total. The molecule has 1 aromatic heterocycles. The minimum absolute atomic E-state index is 0.0572. The van der Waals surface area contributed by atoms with Crippen LogP contribution in [0.25, 0.3) is 0 Å². The Labute approximate surface area is 135 Å². The first-order chi connectivity index (χ1) is 10.6. The summed E-state index contributed by atoms with van der Waals surface area (Å²) in [5.41, 5.74) is 1.69. The van der Waals surface area contributed by atoms with Gasteiger partial charge in [-0.05, 0) is 37.1 Å². The molecule has 1 aromatic carbocycles. The summed E-state index contributed by atoms with van der Waals surface area (Å²) < 4.78 is 10.5. The number of thiophene rings is 1. The Kier molecular flexibility index (Phi) is 5.44. The topological polar surface area (TPSA) is 47.6 Å². The van der Waals surface area contributed by atoms with Crippen molar-refractivity contribution < 1.29 is 14.3 Å². The first kappa shape index (κ1) is 16.4. The highest BCUT2D eigenvalue weighted by Gasteiger charge is 2.14. The van der Waals surface area contributed by atoms with Crippen molar-refractivity contribution in [1.82, 2.24) is 5.32 Å². The zero-order valence-electron chi connectivity index (χ0n) is 13.3. The molecule has 118 valence electrons. The predicted molar refractivity (Wildman–Crippen MR) is 89.1 cm³/mol. The van der Waals surface area contributed by atoms with Crippen LogP contribution in [0.1, 0.15) is 40.7 Å². The smallest absolute Gasteiger partial charge is 0.252 e. The third-order valence-corrected chi connectivity index (χ3v) is 4.60. The van der Waals surface area contributed by atoms with Crippen LogP contribution >= 0.6 is 11.3 Å². The van der Waals surface area contributed by atoms with Crippen molar-refractivity contribution in [3.05, 3.63) is 45.6 Å². The van der Waals surface area contributed by atoms with Gasteiger partial charge in [-0.15, -0.1) is 11.3 Å². The molecule has 0 saturated heterocycles. The molecule has 0 bridgehead atoms. The van der Waals surface area contributed by atoms with E-state index in [1.807, 2.05) is 36.6 Å². The van der Waals surface area contributed by atoms with Crippen LogP contribution < -0.4 is 14.8 Å². The molecule has 0 aliphatic carbocycles. The molecule has 0 fully saturated rings. The largest absolute Gasteiger partial charge is 0.493 e. The molecular weight excluding hydrogens is 298 g/mol. The second kappa shape index (κ2) is 7.31. The highest BCUT2D eigenvalue weighted by molar-refractivity contribution is 7.10. The number of amides is 1. The zero-order chi connectivity index (χ0) is 16.1. The van der Waals surface area contributed by atoms with Gasteiger partial charge in [-0.2, -0.15) is 0 Å². The Morgan fingerprint density at radius 2 is 1.95 bits per heavy atom. The molecule has 2 rings (SSSR count). The van der Waals surface area contributed by atoms with Gasteiger partial charge in [0.1, 0.15) is 0 Å². The Morgan fingerprint density at radius 1 is 1.23 bits per heavy atom. The van der Waals surface area contributed by atoms with Crippen molar-refractivity contribution in [2.75, 3.05) is 14.2 Å². The summed E-state index contributed by atoms with van der Waals surface area (Å²) in [7, 11) is 3.20. The fraction of sp³-hybridized carbons (Fsp3) is 0.353. The second-order valence-corrected chi connectivity index (χ2v) is 5.96. The molecular formula is C17H21NO3S. The third-order valence-electron chi connectivity index (χ3n) is 3.52. The zero-order valence-corrected chi connectivity index (χ0v) is 14.1. The van der Waals surface area contributed by atoms with Crippen LogP contribution in [0.5, 0.6) is 11.5 Å². The van der Waals surface area contributed by atoms with Gasteiger partial charge in [-0.1, -0.05) is 13.0 Å². The van der Waals surface area contributed by atoms with Crippen LogP contribution in [-0.4, -0.2) is 20.1 Å². The normalized spacial score (nSPS) is 11.8. The van der Waals surface area contributed by atoms with E-state index >= 15 is 0 Å². The summed E-state index contributed by atoms with van der Waals surface area (Å²) in [5, 5.41) is 4.91. The molecule has 0 saturated carbocycles. The van der Waals surface area contributed by atoms with Crippen molar-refractivity contribution in [2.45, 2.75) is 26.3 Å². The number of aryl methyl sites for hydroxylation is 1. The van der Waals surface area contributed by atoms with Gasteiger partial charge in [0, 0.05) is 10.3 Å². The Hall–Kier alpha value is -2.01. The Bertz CT molecular complexity index is 651. The number of methoxy groups -OCH3 is 2. The van der Waals surface area contributed by atoms with Gasteiger partial charge in [0.05, 0.1) is 25.8 Å². The van der Waals surface area contributed by atoms with Gasteiger partial charge in [-0.25, -0.2) is 0 Å². The van der Waals surface area contributed by atoms with Crippen LogP contribution in [0.15, 0.2) is 29.6 Å². The van der Waals surface area contributed by atoms with Crippen molar-refractivity contribution in [1.29, 1.82) is 0 Å². The molecule has 0 spiro atoms. The van der Waals surface area contributed by atoms with Crippen LogP contribution in [-0.2, 0) is 6.42 Å². The minimum Gasteiger partial charge on any atom is -0.493 e. The highest BCUT2D eigenvalue weighted by Crippen LogP contribution is 2.30. The Balaban J connectivity index is 2.11. The quantitative estimate of drug-likeness (QED) is 0.880. The van der Waals surface area contributed by atoms with Gasteiger partial charge >= 0.3 is 0 Å². The van der Waals surface area contributed by atoms with Gasteiger partial charge < -0.3 is 14.8 Å². The van der Waals surface area contributed by atoms with Crippen molar-refractivity contribution in [2.24, 2.45) is 0 Å². The summed E-state index contributed by atoms with van der Waals surface area (Å²) in [4.78, 5) is 13.5. The van der Waals surface area contributed by atoms with E-state index in [1.54, 1.807) is 25.6 Å². The number of nitrogens with one attached hydrogen (secondary N) is 1. The number of rotatable bonds is 6. The summed E-state index contributed by atoms with van der Waals surface area (Å²) in [6.07, 6.45) is 0.948. The average molecular weight is 319 g/mol. The van der Waals surface area contributed by atoms with Gasteiger partial charge in [0.2, 0.25) is 0 Å². The third kappa shape index (κ3) is 3.60. The van der Waals surface area contributed by atoms with Crippen LogP contribution in [0.3, 0.4) is 0 Å². The molecule has 1 unspecified atom stereocenters. The van der Waals surface area contributed by atoms with E-state index in [0.717, 1.165) is 12.0 Å². The highest BCUT2D eigenvalue weighted by atomic mass is 32.1. The number of carbonyl (C=O) groups excluding carboxylic acids is 1. The molecule has 0 aliphatic rings. The molecule has 2 aromatic rings. The fourth-order valence-electron chi connectivity index (χ4n) is 2.17. The van der Waals surface area contributed by atoms with Crippen molar-refractivity contribution in [3.8, 4) is 11.5 Å². The van der Waals surface area contributed by atoms with Crippen molar-refractivity contribution >= 4 is 17.2 Å². The standard InChI is InChI=1S/C17H21NO3S/c1-5-14-8-13(10-22-14)17(19)18-11(2)12-6-7-15(20-3)16(9-12)21-4/h6-11H,5H2,1-4H3,(H,18,19). The van der Waals surface area contributed by atoms with Crippen molar-refractivity contribution in [3.63, 3.8) is 0 Å². The summed E-state index contributed by atoms with van der Waals surface area (Å²) >= 11 is 1.61. The molecule has 1 amide bonds. The number of ether oxygens (including phenoxy) is 2. The summed E-state index contributed by atoms with van der Waals surface area (Å²) in [6, 6.07) is 7.49. The van der Waals surface area contributed by atoms with Crippen LogP contribution in [0.2, 0.25) is 0 Å². The molecule has 4 nitrogen and oxygen atoms in total. The second-order valence-electron chi connectivity index (χ2n) is 4.96. The average Bonchev–Trinajstić information content (AvgIpc) is 3.03. The lowest BCUT2D eigenvalue weighted by atomic mass is 10.1. The predicted octanol–water partition coefficient (Wildman–Crippen LogP) is 3.82. The lowest BCUT2D eigenvalue weighted by molar-refractivity contribution is 0.0940. The lowest BCUT2D eigenvalue weighted by Gasteiger charge is -2.16. The number of benzene rings is 1. The van der Waals surface area contributed by atoms with E-state index in [1.165, 1.54) is 4.88 Å². The molecule has 1 heterocycles. The van der Waals surface area contributed by atoms with Crippen LogP contribution in [0.4, 0.5) is 0 Å². The summed E-state index contributed by atoms with van der Waals surface area (Å²) in [5.74, 6) is 1.28. The fourth-order valence-corrected chi connectivity index (χ4v) is 2.99. The van der Waals surface area contributed by atoms with Gasteiger partial charge in [0.25, 0.3) is 5.91 Å². The van der Waals surface area contributed by atoms with E-state index in [0.29, 0.717) is 17.1 Å². The Morgan fingerprint density at radius 3 is 2.55 bits per heavy atom.